The Hall–Kier alpha value is -2.08. The average molecular weight is 307 g/mol. The smallest absolute Gasteiger partial charge is 0.182 e. The lowest BCUT2D eigenvalue weighted by Gasteiger charge is -2.11. The molecule has 2 aromatic rings. The average Bonchev–Trinajstić information content (AvgIpc) is 2.82. The Morgan fingerprint density at radius 2 is 2.00 bits per heavy atom. The van der Waals surface area contributed by atoms with Crippen LogP contribution in [0.5, 0.6) is 5.75 Å². The van der Waals surface area contributed by atoms with Crippen LogP contribution in [-0.2, 0) is 16.3 Å². The summed E-state index contributed by atoms with van der Waals surface area (Å²) in [7, 11) is -3.62. The van der Waals surface area contributed by atoms with Crippen LogP contribution in [0.4, 0.5) is 10.1 Å². The summed E-state index contributed by atoms with van der Waals surface area (Å²) in [6, 6.07) is 11.0. The normalized spacial score (nSPS) is 17.3. The molecule has 0 saturated heterocycles. The maximum atomic E-state index is 13.4. The highest BCUT2D eigenvalue weighted by Crippen LogP contribution is 2.29. The minimum atomic E-state index is -3.62. The Morgan fingerprint density at radius 3 is 2.71 bits per heavy atom. The summed E-state index contributed by atoms with van der Waals surface area (Å²) in [5, 5.41) is 0. The highest BCUT2D eigenvalue weighted by molar-refractivity contribution is 7.91. The molecule has 1 unspecified atom stereocenters. The summed E-state index contributed by atoms with van der Waals surface area (Å²) in [6.07, 6.45) is 0.0837. The number of rotatable bonds is 3. The van der Waals surface area contributed by atoms with Gasteiger partial charge in [-0.25, -0.2) is 12.8 Å². The van der Waals surface area contributed by atoms with Gasteiger partial charge < -0.3 is 10.5 Å². The van der Waals surface area contributed by atoms with Crippen molar-refractivity contribution in [2.24, 2.45) is 0 Å². The zero-order valence-electron chi connectivity index (χ0n) is 11.1. The first-order chi connectivity index (χ1) is 9.95. The van der Waals surface area contributed by atoms with Crippen molar-refractivity contribution >= 4 is 15.5 Å². The number of para-hydroxylation sites is 1. The van der Waals surface area contributed by atoms with E-state index in [1.807, 2.05) is 24.3 Å². The molecule has 1 aliphatic rings. The molecule has 0 aromatic heterocycles. The van der Waals surface area contributed by atoms with Crippen molar-refractivity contribution in [3.8, 4) is 5.75 Å². The molecule has 21 heavy (non-hydrogen) atoms. The van der Waals surface area contributed by atoms with Gasteiger partial charge in [0, 0.05) is 6.42 Å². The maximum Gasteiger partial charge on any atom is 0.182 e. The van der Waals surface area contributed by atoms with Crippen LogP contribution in [0.15, 0.2) is 47.4 Å². The Labute approximate surface area is 122 Å². The van der Waals surface area contributed by atoms with Gasteiger partial charge in [0.15, 0.2) is 9.84 Å². The Balaban J connectivity index is 1.80. The number of nitrogen functional groups attached to an aromatic ring is 1. The molecule has 110 valence electrons. The molecule has 2 N–H and O–H groups in total. The third kappa shape index (κ3) is 2.71. The number of hydrogen-bond acceptors (Lipinski definition) is 4. The van der Waals surface area contributed by atoms with E-state index >= 15 is 0 Å². The number of nitrogens with two attached hydrogens (primary N) is 1. The zero-order chi connectivity index (χ0) is 15.0. The van der Waals surface area contributed by atoms with Crippen LogP contribution >= 0.6 is 0 Å². The maximum absolute atomic E-state index is 13.4. The number of hydrogen-bond donors (Lipinski definition) is 1. The first kappa shape index (κ1) is 13.9. The quantitative estimate of drug-likeness (QED) is 0.883. The van der Waals surface area contributed by atoms with Gasteiger partial charge in [0.2, 0.25) is 0 Å². The van der Waals surface area contributed by atoms with E-state index in [0.717, 1.165) is 11.6 Å². The molecule has 1 heterocycles. The molecule has 0 radical (unpaired) electrons. The Bertz CT molecular complexity index is 764. The second-order valence-corrected chi connectivity index (χ2v) is 7.05. The largest absolute Gasteiger partial charge is 0.489 e. The van der Waals surface area contributed by atoms with Gasteiger partial charge in [-0.05, 0) is 29.8 Å². The van der Waals surface area contributed by atoms with Crippen LogP contribution in [0, 0.1) is 5.82 Å². The molecule has 0 spiro atoms. The van der Waals surface area contributed by atoms with Crippen molar-refractivity contribution in [3.63, 3.8) is 0 Å². The molecular weight excluding hydrogens is 293 g/mol. The van der Waals surface area contributed by atoms with Crippen LogP contribution in [0.1, 0.15) is 5.56 Å². The van der Waals surface area contributed by atoms with Crippen LogP contribution in [0.25, 0.3) is 0 Å². The fourth-order valence-electron chi connectivity index (χ4n) is 2.39. The lowest BCUT2D eigenvalue weighted by molar-refractivity contribution is 0.256. The van der Waals surface area contributed by atoms with Gasteiger partial charge in [0.1, 0.15) is 17.7 Å². The predicted molar refractivity (Wildman–Crippen MR) is 77.4 cm³/mol. The zero-order valence-corrected chi connectivity index (χ0v) is 11.9. The van der Waals surface area contributed by atoms with E-state index < -0.39 is 21.8 Å². The summed E-state index contributed by atoms with van der Waals surface area (Å²) in [5.74, 6) is -0.210. The van der Waals surface area contributed by atoms with Crippen molar-refractivity contribution < 1.29 is 17.5 Å². The van der Waals surface area contributed by atoms with Crippen molar-refractivity contribution in [3.05, 3.63) is 53.8 Å². The molecule has 1 atom stereocenters. The minimum Gasteiger partial charge on any atom is -0.489 e. The lowest BCUT2D eigenvalue weighted by atomic mass is 10.1. The number of benzene rings is 2. The number of anilines is 1. The number of halogens is 1. The SMILES string of the molecule is Nc1ccc(S(=O)(=O)CC2Cc3ccccc3O2)cc1F. The third-order valence-electron chi connectivity index (χ3n) is 3.45. The highest BCUT2D eigenvalue weighted by atomic mass is 32.2. The first-order valence-corrected chi connectivity index (χ1v) is 8.13. The van der Waals surface area contributed by atoms with E-state index in [-0.39, 0.29) is 16.3 Å². The molecule has 3 rings (SSSR count). The lowest BCUT2D eigenvalue weighted by Crippen LogP contribution is -2.25. The molecular formula is C15H14FNO3S. The van der Waals surface area contributed by atoms with Crippen LogP contribution in [0.3, 0.4) is 0 Å². The summed E-state index contributed by atoms with van der Waals surface area (Å²) in [5.41, 5.74) is 6.27. The number of sulfone groups is 1. The molecule has 1 aliphatic heterocycles. The molecule has 4 nitrogen and oxygen atoms in total. The number of ether oxygens (including phenoxy) is 1. The van der Waals surface area contributed by atoms with Gasteiger partial charge in [-0.1, -0.05) is 18.2 Å². The summed E-state index contributed by atoms with van der Waals surface area (Å²) in [6.45, 7) is 0. The first-order valence-electron chi connectivity index (χ1n) is 6.48. The topological polar surface area (TPSA) is 69.4 Å². The van der Waals surface area contributed by atoms with Crippen molar-refractivity contribution in [2.75, 3.05) is 11.5 Å². The summed E-state index contributed by atoms with van der Waals surface area (Å²) >= 11 is 0. The monoisotopic (exact) mass is 307 g/mol. The van der Waals surface area contributed by atoms with E-state index in [4.69, 9.17) is 10.5 Å². The molecule has 0 saturated carbocycles. The van der Waals surface area contributed by atoms with Crippen LogP contribution in [-0.4, -0.2) is 20.3 Å². The fourth-order valence-corrected chi connectivity index (χ4v) is 3.82. The molecule has 0 amide bonds. The molecule has 0 fully saturated rings. The summed E-state index contributed by atoms with van der Waals surface area (Å²) < 4.78 is 43.7. The van der Waals surface area contributed by atoms with Crippen LogP contribution in [0.2, 0.25) is 0 Å². The fraction of sp³-hybridized carbons (Fsp3) is 0.200. The van der Waals surface area contributed by atoms with Gasteiger partial charge in [0.05, 0.1) is 16.3 Å². The van der Waals surface area contributed by atoms with Gasteiger partial charge in [-0.15, -0.1) is 0 Å². The van der Waals surface area contributed by atoms with Crippen LogP contribution < -0.4 is 10.5 Å². The van der Waals surface area contributed by atoms with Gasteiger partial charge in [-0.2, -0.15) is 0 Å². The Kier molecular flexibility index (Phi) is 3.33. The van der Waals surface area contributed by atoms with Gasteiger partial charge in [-0.3, -0.25) is 0 Å². The molecule has 2 aromatic carbocycles. The number of fused-ring (bicyclic) bond motifs is 1. The van der Waals surface area contributed by atoms with E-state index in [1.165, 1.54) is 12.1 Å². The third-order valence-corrected chi connectivity index (χ3v) is 5.23. The van der Waals surface area contributed by atoms with E-state index in [9.17, 15) is 12.8 Å². The standard InChI is InChI=1S/C15H14FNO3S/c16-13-8-12(5-6-14(13)17)21(18,19)9-11-7-10-3-1-2-4-15(10)20-11/h1-6,8,11H,7,9,17H2. The van der Waals surface area contributed by atoms with Crippen molar-refractivity contribution in [2.45, 2.75) is 17.4 Å². The predicted octanol–water partition coefficient (Wildman–Crippen LogP) is 2.19. The van der Waals surface area contributed by atoms with E-state index in [1.54, 1.807) is 0 Å². The minimum absolute atomic E-state index is 0.0709. The van der Waals surface area contributed by atoms with Gasteiger partial charge >= 0.3 is 0 Å². The van der Waals surface area contributed by atoms with E-state index in [0.29, 0.717) is 12.2 Å². The highest BCUT2D eigenvalue weighted by Gasteiger charge is 2.28. The molecule has 6 heteroatoms. The molecule has 0 bridgehead atoms. The van der Waals surface area contributed by atoms with Crippen molar-refractivity contribution in [1.82, 2.24) is 0 Å². The second kappa shape index (κ2) is 5.04. The van der Waals surface area contributed by atoms with E-state index in [2.05, 4.69) is 0 Å². The van der Waals surface area contributed by atoms with Crippen molar-refractivity contribution in [1.29, 1.82) is 0 Å². The Morgan fingerprint density at radius 1 is 1.24 bits per heavy atom. The summed E-state index contributed by atoms with van der Waals surface area (Å²) in [4.78, 5) is -0.0752. The van der Waals surface area contributed by atoms with Gasteiger partial charge in [0.25, 0.3) is 0 Å². The second-order valence-electron chi connectivity index (χ2n) is 5.02. The molecule has 0 aliphatic carbocycles.